The monoisotopic (exact) mass is 370 g/mol. The summed E-state index contributed by atoms with van der Waals surface area (Å²) in [6.45, 7) is 3.43. The van der Waals surface area contributed by atoms with Gasteiger partial charge in [0.2, 0.25) is 0 Å². The molecule has 0 bridgehead atoms. The maximum absolute atomic E-state index is 12.9. The van der Waals surface area contributed by atoms with E-state index in [4.69, 9.17) is 15.2 Å². The molecule has 0 radical (unpaired) electrons. The highest BCUT2D eigenvalue weighted by Crippen LogP contribution is 2.36. The van der Waals surface area contributed by atoms with Crippen molar-refractivity contribution >= 4 is 21.8 Å². The number of amides is 1. The van der Waals surface area contributed by atoms with Crippen molar-refractivity contribution in [2.24, 2.45) is 11.7 Å². The minimum atomic E-state index is -0.0218. The summed E-state index contributed by atoms with van der Waals surface area (Å²) in [5, 5.41) is 0. The van der Waals surface area contributed by atoms with E-state index in [1.54, 1.807) is 26.4 Å². The number of nitrogens with two attached hydrogens (primary N) is 1. The van der Waals surface area contributed by atoms with Crippen LogP contribution in [0.5, 0.6) is 11.5 Å². The lowest BCUT2D eigenvalue weighted by atomic mass is 9.92. The first-order valence-electron chi connectivity index (χ1n) is 7.44. The van der Waals surface area contributed by atoms with Crippen molar-refractivity contribution in [3.8, 4) is 11.5 Å². The number of ether oxygens (including phenoxy) is 2. The van der Waals surface area contributed by atoms with E-state index in [1.807, 2.05) is 4.90 Å². The maximum atomic E-state index is 12.9. The largest absolute Gasteiger partial charge is 0.495 e. The molecule has 1 aliphatic rings. The average Bonchev–Trinajstić information content (AvgIpc) is 2.54. The number of benzene rings is 1. The molecule has 6 heteroatoms. The van der Waals surface area contributed by atoms with Crippen molar-refractivity contribution < 1.29 is 14.3 Å². The van der Waals surface area contributed by atoms with Crippen molar-refractivity contribution in [1.29, 1.82) is 0 Å². The number of carbonyl (C=O) groups excluding carboxylic acids is 1. The standard InChI is InChI=1S/C16H23BrN2O3/c1-10-4-5-19(12(6-10)9-18)16(20)11-7-13(21-2)15(17)14(8-11)22-3/h7-8,10,12H,4-6,9,18H2,1-3H3. The van der Waals surface area contributed by atoms with Crippen LogP contribution < -0.4 is 15.2 Å². The number of halogens is 1. The molecule has 0 saturated carbocycles. The minimum Gasteiger partial charge on any atom is -0.495 e. The van der Waals surface area contributed by atoms with Crippen LogP contribution in [0.4, 0.5) is 0 Å². The van der Waals surface area contributed by atoms with Gasteiger partial charge in [0.05, 0.1) is 14.2 Å². The molecule has 1 amide bonds. The van der Waals surface area contributed by atoms with Crippen LogP contribution >= 0.6 is 15.9 Å². The normalized spacial score (nSPS) is 21.6. The van der Waals surface area contributed by atoms with Gasteiger partial charge in [0, 0.05) is 24.7 Å². The number of carbonyl (C=O) groups is 1. The third kappa shape index (κ3) is 3.38. The van der Waals surface area contributed by atoms with Gasteiger partial charge in [0.25, 0.3) is 5.91 Å². The fourth-order valence-corrected chi connectivity index (χ4v) is 3.45. The Balaban J connectivity index is 2.32. The van der Waals surface area contributed by atoms with Gasteiger partial charge in [-0.25, -0.2) is 0 Å². The predicted molar refractivity (Wildman–Crippen MR) is 89.5 cm³/mol. The van der Waals surface area contributed by atoms with Crippen LogP contribution in [0.15, 0.2) is 16.6 Å². The summed E-state index contributed by atoms with van der Waals surface area (Å²) in [7, 11) is 3.14. The summed E-state index contributed by atoms with van der Waals surface area (Å²) < 4.78 is 11.3. The van der Waals surface area contributed by atoms with E-state index < -0.39 is 0 Å². The molecule has 1 heterocycles. The molecule has 1 aromatic carbocycles. The number of methoxy groups -OCH3 is 2. The molecule has 122 valence electrons. The molecule has 1 aromatic rings. The second-order valence-corrected chi connectivity index (χ2v) is 6.51. The minimum absolute atomic E-state index is 0.0218. The van der Waals surface area contributed by atoms with Crippen LogP contribution in [-0.2, 0) is 0 Å². The van der Waals surface area contributed by atoms with Crippen molar-refractivity contribution in [2.45, 2.75) is 25.8 Å². The molecule has 0 aromatic heterocycles. The van der Waals surface area contributed by atoms with E-state index in [1.165, 1.54) is 0 Å². The van der Waals surface area contributed by atoms with Crippen LogP contribution in [0.25, 0.3) is 0 Å². The number of hydrogen-bond acceptors (Lipinski definition) is 4. The zero-order valence-electron chi connectivity index (χ0n) is 13.3. The summed E-state index contributed by atoms with van der Waals surface area (Å²) in [5.74, 6) is 1.74. The molecule has 1 fully saturated rings. The Morgan fingerprint density at radius 1 is 1.36 bits per heavy atom. The van der Waals surface area contributed by atoms with E-state index in [2.05, 4.69) is 22.9 Å². The summed E-state index contributed by atoms with van der Waals surface area (Å²) >= 11 is 3.42. The third-order valence-electron chi connectivity index (χ3n) is 4.20. The molecule has 1 aliphatic heterocycles. The van der Waals surface area contributed by atoms with Crippen molar-refractivity contribution in [2.75, 3.05) is 27.3 Å². The Bertz CT molecular complexity index is 525. The second kappa shape index (κ2) is 7.33. The van der Waals surface area contributed by atoms with Gasteiger partial charge in [-0.1, -0.05) is 6.92 Å². The van der Waals surface area contributed by atoms with Crippen LogP contribution in [0.2, 0.25) is 0 Å². The summed E-state index contributed by atoms with van der Waals surface area (Å²) in [5.41, 5.74) is 6.42. The number of rotatable bonds is 4. The quantitative estimate of drug-likeness (QED) is 0.884. The maximum Gasteiger partial charge on any atom is 0.254 e. The first kappa shape index (κ1) is 17.1. The van der Waals surface area contributed by atoms with Crippen LogP contribution in [-0.4, -0.2) is 44.2 Å². The number of likely N-dealkylation sites (tertiary alicyclic amines) is 1. The van der Waals surface area contributed by atoms with Crippen molar-refractivity contribution in [3.05, 3.63) is 22.2 Å². The van der Waals surface area contributed by atoms with Gasteiger partial charge in [0.1, 0.15) is 16.0 Å². The molecule has 2 atom stereocenters. The SMILES string of the molecule is COc1cc(C(=O)N2CCC(C)CC2CN)cc(OC)c1Br. The highest BCUT2D eigenvalue weighted by molar-refractivity contribution is 9.10. The summed E-state index contributed by atoms with van der Waals surface area (Å²) in [6, 6.07) is 3.57. The number of piperidine rings is 1. The van der Waals surface area contributed by atoms with Gasteiger partial charge in [-0.3, -0.25) is 4.79 Å². The lowest BCUT2D eigenvalue weighted by Gasteiger charge is -2.38. The second-order valence-electron chi connectivity index (χ2n) is 5.71. The highest BCUT2D eigenvalue weighted by Gasteiger charge is 2.30. The van der Waals surface area contributed by atoms with Crippen LogP contribution in [0, 0.1) is 5.92 Å². The molecule has 0 spiro atoms. The van der Waals surface area contributed by atoms with E-state index >= 15 is 0 Å². The summed E-state index contributed by atoms with van der Waals surface area (Å²) in [6.07, 6.45) is 1.96. The molecule has 22 heavy (non-hydrogen) atoms. The van der Waals surface area contributed by atoms with Gasteiger partial charge in [-0.2, -0.15) is 0 Å². The number of nitrogens with zero attached hydrogens (tertiary/aromatic N) is 1. The molecular formula is C16H23BrN2O3. The van der Waals surface area contributed by atoms with E-state index in [0.717, 1.165) is 19.4 Å². The Morgan fingerprint density at radius 3 is 2.45 bits per heavy atom. The zero-order chi connectivity index (χ0) is 16.3. The van der Waals surface area contributed by atoms with Crippen LogP contribution in [0.1, 0.15) is 30.1 Å². The first-order valence-corrected chi connectivity index (χ1v) is 8.23. The smallest absolute Gasteiger partial charge is 0.254 e. The highest BCUT2D eigenvalue weighted by atomic mass is 79.9. The topological polar surface area (TPSA) is 64.8 Å². The van der Waals surface area contributed by atoms with Crippen molar-refractivity contribution in [3.63, 3.8) is 0 Å². The molecule has 2 N–H and O–H groups in total. The lowest BCUT2D eigenvalue weighted by Crippen LogP contribution is -2.49. The van der Waals surface area contributed by atoms with Gasteiger partial charge in [-0.05, 0) is 46.8 Å². The molecule has 1 saturated heterocycles. The molecule has 2 rings (SSSR count). The molecule has 0 aliphatic carbocycles. The van der Waals surface area contributed by atoms with E-state index in [9.17, 15) is 4.79 Å². The summed E-state index contributed by atoms with van der Waals surface area (Å²) in [4.78, 5) is 14.7. The van der Waals surface area contributed by atoms with Gasteiger partial charge >= 0.3 is 0 Å². The van der Waals surface area contributed by atoms with E-state index in [-0.39, 0.29) is 11.9 Å². The van der Waals surface area contributed by atoms with E-state index in [0.29, 0.717) is 34.0 Å². The Hall–Kier alpha value is -1.27. The predicted octanol–water partition coefficient (Wildman–Crippen LogP) is 2.67. The van der Waals surface area contributed by atoms with Gasteiger partial charge in [-0.15, -0.1) is 0 Å². The zero-order valence-corrected chi connectivity index (χ0v) is 14.9. The number of hydrogen-bond donors (Lipinski definition) is 1. The van der Waals surface area contributed by atoms with Gasteiger partial charge in [0.15, 0.2) is 0 Å². The molecule has 2 unspecified atom stereocenters. The van der Waals surface area contributed by atoms with Gasteiger partial charge < -0.3 is 20.1 Å². The third-order valence-corrected chi connectivity index (χ3v) is 4.99. The average molecular weight is 371 g/mol. The van der Waals surface area contributed by atoms with Crippen LogP contribution in [0.3, 0.4) is 0 Å². The Labute approximate surface area is 139 Å². The first-order chi connectivity index (χ1) is 10.5. The van der Waals surface area contributed by atoms with Crippen molar-refractivity contribution in [1.82, 2.24) is 4.90 Å². The Morgan fingerprint density at radius 2 is 1.95 bits per heavy atom. The molecule has 5 nitrogen and oxygen atoms in total. The molecular weight excluding hydrogens is 348 g/mol. The Kier molecular flexibility index (Phi) is 5.69. The fraction of sp³-hybridized carbons (Fsp3) is 0.562. The lowest BCUT2D eigenvalue weighted by molar-refractivity contribution is 0.0573. The fourth-order valence-electron chi connectivity index (χ4n) is 2.90.